The van der Waals surface area contributed by atoms with Crippen LogP contribution in [0, 0.1) is 5.92 Å². The molecule has 13 heavy (non-hydrogen) atoms. The monoisotopic (exact) mass is 249 g/mol. The highest BCUT2D eigenvalue weighted by Crippen LogP contribution is 2.09. The second-order valence-electron chi connectivity index (χ2n) is 3.53. The summed E-state index contributed by atoms with van der Waals surface area (Å²) < 4.78 is 5.14. The first-order chi connectivity index (χ1) is 6.24. The van der Waals surface area contributed by atoms with E-state index in [0.29, 0.717) is 12.5 Å². The van der Waals surface area contributed by atoms with Crippen LogP contribution in [0.15, 0.2) is 0 Å². The molecule has 1 aliphatic rings. The van der Waals surface area contributed by atoms with Crippen molar-refractivity contribution < 1.29 is 9.53 Å². The molecule has 0 aromatic carbocycles. The Kier molecular flexibility index (Phi) is 4.56. The van der Waals surface area contributed by atoms with Crippen molar-refractivity contribution in [3.63, 3.8) is 0 Å². The van der Waals surface area contributed by atoms with E-state index in [1.807, 2.05) is 6.92 Å². The lowest BCUT2D eigenvalue weighted by Crippen LogP contribution is -2.29. The van der Waals surface area contributed by atoms with E-state index < -0.39 is 0 Å². The zero-order valence-corrected chi connectivity index (χ0v) is 9.55. The Hall–Kier alpha value is -0.250. The minimum Gasteiger partial charge on any atom is -0.449 e. The topological polar surface area (TPSA) is 29.5 Å². The number of rotatable bonds is 3. The lowest BCUT2D eigenvalue weighted by atomic mass is 10.2. The van der Waals surface area contributed by atoms with Crippen LogP contribution in [0.4, 0.5) is 4.79 Å². The van der Waals surface area contributed by atoms with Gasteiger partial charge in [0.05, 0.1) is 6.61 Å². The van der Waals surface area contributed by atoms with Gasteiger partial charge in [-0.05, 0) is 12.8 Å². The number of hydrogen-bond acceptors (Lipinski definition) is 2. The quantitative estimate of drug-likeness (QED) is 0.719. The van der Waals surface area contributed by atoms with E-state index in [1.165, 1.54) is 0 Å². The molecule has 0 aromatic heterocycles. The van der Waals surface area contributed by atoms with E-state index in [2.05, 4.69) is 15.9 Å². The maximum atomic E-state index is 11.4. The lowest BCUT2D eigenvalue weighted by Gasteiger charge is -2.16. The summed E-state index contributed by atoms with van der Waals surface area (Å²) in [7, 11) is 0. The summed E-state index contributed by atoms with van der Waals surface area (Å²) in [5.74, 6) is 0.395. The molecule has 4 heteroatoms. The molecular weight excluding hydrogens is 234 g/mol. The Bertz CT molecular complexity index is 169. The van der Waals surface area contributed by atoms with Gasteiger partial charge in [-0.1, -0.05) is 22.9 Å². The SMILES string of the molecule is CC(CBr)COC(=O)N1CCCC1. The summed E-state index contributed by atoms with van der Waals surface area (Å²) in [5, 5.41) is 0.875. The Morgan fingerprint density at radius 2 is 2.15 bits per heavy atom. The number of alkyl halides is 1. The molecule has 1 aliphatic heterocycles. The van der Waals surface area contributed by atoms with Crippen LogP contribution in [-0.4, -0.2) is 36.0 Å². The zero-order chi connectivity index (χ0) is 9.68. The van der Waals surface area contributed by atoms with Crippen molar-refractivity contribution in [2.24, 2.45) is 5.92 Å². The van der Waals surface area contributed by atoms with Gasteiger partial charge in [0, 0.05) is 24.3 Å². The van der Waals surface area contributed by atoms with E-state index in [0.717, 1.165) is 31.3 Å². The largest absolute Gasteiger partial charge is 0.449 e. The second kappa shape index (κ2) is 5.47. The molecule has 3 nitrogen and oxygen atoms in total. The van der Waals surface area contributed by atoms with Crippen LogP contribution >= 0.6 is 15.9 Å². The Morgan fingerprint density at radius 3 is 2.69 bits per heavy atom. The third-order valence-electron chi connectivity index (χ3n) is 2.12. The number of hydrogen-bond donors (Lipinski definition) is 0. The molecular formula is C9H16BrNO2. The molecule has 0 spiro atoms. The summed E-state index contributed by atoms with van der Waals surface area (Å²) in [6.07, 6.45) is 2.08. The average molecular weight is 250 g/mol. The van der Waals surface area contributed by atoms with Crippen molar-refractivity contribution in [2.75, 3.05) is 25.0 Å². The number of likely N-dealkylation sites (tertiary alicyclic amines) is 1. The molecule has 1 unspecified atom stereocenters. The van der Waals surface area contributed by atoms with E-state index in [4.69, 9.17) is 4.74 Å². The summed E-state index contributed by atoms with van der Waals surface area (Å²) in [5.41, 5.74) is 0. The highest BCUT2D eigenvalue weighted by Gasteiger charge is 2.19. The van der Waals surface area contributed by atoms with Gasteiger partial charge in [0.15, 0.2) is 0 Å². The third-order valence-corrected chi connectivity index (χ3v) is 3.22. The predicted molar refractivity (Wildman–Crippen MR) is 55.1 cm³/mol. The minimum atomic E-state index is -0.148. The molecule has 0 aliphatic carbocycles. The van der Waals surface area contributed by atoms with Crippen LogP contribution in [0.3, 0.4) is 0 Å². The number of nitrogens with zero attached hydrogens (tertiary/aromatic N) is 1. The van der Waals surface area contributed by atoms with Crippen LogP contribution in [0.25, 0.3) is 0 Å². The van der Waals surface area contributed by atoms with Crippen molar-refractivity contribution in [2.45, 2.75) is 19.8 Å². The number of carbonyl (C=O) groups is 1. The van der Waals surface area contributed by atoms with E-state index in [9.17, 15) is 4.79 Å². The van der Waals surface area contributed by atoms with E-state index >= 15 is 0 Å². The molecule has 1 atom stereocenters. The summed E-state index contributed by atoms with van der Waals surface area (Å²) >= 11 is 3.34. The van der Waals surface area contributed by atoms with Crippen molar-refractivity contribution in [3.05, 3.63) is 0 Å². The number of halogens is 1. The van der Waals surface area contributed by atoms with Gasteiger partial charge in [-0.15, -0.1) is 0 Å². The van der Waals surface area contributed by atoms with E-state index in [-0.39, 0.29) is 6.09 Å². The summed E-state index contributed by atoms with van der Waals surface area (Å²) in [6.45, 7) is 4.29. The number of ether oxygens (including phenoxy) is 1. The van der Waals surface area contributed by atoms with Gasteiger partial charge >= 0.3 is 6.09 Å². The van der Waals surface area contributed by atoms with Crippen LogP contribution in [0.5, 0.6) is 0 Å². The van der Waals surface area contributed by atoms with Crippen LogP contribution in [0.2, 0.25) is 0 Å². The van der Waals surface area contributed by atoms with Gasteiger partial charge in [-0.2, -0.15) is 0 Å². The first-order valence-electron chi connectivity index (χ1n) is 4.71. The zero-order valence-electron chi connectivity index (χ0n) is 7.96. The smallest absolute Gasteiger partial charge is 0.409 e. The van der Waals surface area contributed by atoms with Crippen molar-refractivity contribution in [3.8, 4) is 0 Å². The molecule has 1 rings (SSSR count). The van der Waals surface area contributed by atoms with Crippen LogP contribution in [-0.2, 0) is 4.74 Å². The first kappa shape index (κ1) is 10.8. The molecule has 0 aromatic rings. The Balaban J connectivity index is 2.16. The third kappa shape index (κ3) is 3.55. The first-order valence-corrected chi connectivity index (χ1v) is 5.84. The lowest BCUT2D eigenvalue weighted by molar-refractivity contribution is 0.100. The number of carbonyl (C=O) groups excluding carboxylic acids is 1. The highest BCUT2D eigenvalue weighted by atomic mass is 79.9. The predicted octanol–water partition coefficient (Wildman–Crippen LogP) is 2.25. The van der Waals surface area contributed by atoms with Gasteiger partial charge < -0.3 is 9.64 Å². The molecule has 0 N–H and O–H groups in total. The number of amides is 1. The normalized spacial score (nSPS) is 18.8. The fourth-order valence-electron chi connectivity index (χ4n) is 1.25. The fourth-order valence-corrected chi connectivity index (χ4v) is 1.44. The second-order valence-corrected chi connectivity index (χ2v) is 4.18. The van der Waals surface area contributed by atoms with Crippen molar-refractivity contribution in [1.82, 2.24) is 4.90 Å². The van der Waals surface area contributed by atoms with Gasteiger partial charge in [0.1, 0.15) is 0 Å². The highest BCUT2D eigenvalue weighted by molar-refractivity contribution is 9.09. The Labute approximate surface area is 87.6 Å². The molecule has 0 radical (unpaired) electrons. The minimum absolute atomic E-state index is 0.148. The van der Waals surface area contributed by atoms with Crippen molar-refractivity contribution in [1.29, 1.82) is 0 Å². The molecule has 1 amide bonds. The van der Waals surface area contributed by atoms with Crippen molar-refractivity contribution >= 4 is 22.0 Å². The van der Waals surface area contributed by atoms with Crippen LogP contribution in [0.1, 0.15) is 19.8 Å². The molecule has 1 saturated heterocycles. The van der Waals surface area contributed by atoms with Crippen LogP contribution < -0.4 is 0 Å². The molecule has 0 bridgehead atoms. The molecule has 0 saturated carbocycles. The Morgan fingerprint density at radius 1 is 1.54 bits per heavy atom. The maximum absolute atomic E-state index is 11.4. The maximum Gasteiger partial charge on any atom is 0.409 e. The molecule has 1 fully saturated rings. The fraction of sp³-hybridized carbons (Fsp3) is 0.889. The summed E-state index contributed by atoms with van der Waals surface area (Å²) in [4.78, 5) is 13.1. The van der Waals surface area contributed by atoms with Gasteiger partial charge in [0.25, 0.3) is 0 Å². The van der Waals surface area contributed by atoms with Gasteiger partial charge in [0.2, 0.25) is 0 Å². The van der Waals surface area contributed by atoms with Gasteiger partial charge in [-0.3, -0.25) is 0 Å². The standard InChI is InChI=1S/C9H16BrNO2/c1-8(6-10)7-13-9(12)11-4-2-3-5-11/h8H,2-7H2,1H3. The van der Waals surface area contributed by atoms with Gasteiger partial charge in [-0.25, -0.2) is 4.79 Å². The molecule has 1 heterocycles. The van der Waals surface area contributed by atoms with E-state index in [1.54, 1.807) is 4.90 Å². The molecule has 76 valence electrons. The summed E-state index contributed by atoms with van der Waals surface area (Å²) in [6, 6.07) is 0. The average Bonchev–Trinajstić information content (AvgIpc) is 2.66.